The van der Waals surface area contributed by atoms with Crippen LogP contribution in [0.3, 0.4) is 0 Å². The maximum Gasteiger partial charge on any atom is 0.255 e. The second kappa shape index (κ2) is 7.29. The van der Waals surface area contributed by atoms with E-state index in [4.69, 9.17) is 4.74 Å². The molecule has 3 rings (SSSR count). The summed E-state index contributed by atoms with van der Waals surface area (Å²) < 4.78 is 6.80. The Morgan fingerprint density at radius 3 is 2.78 bits per heavy atom. The quantitative estimate of drug-likeness (QED) is 0.735. The number of amides is 1. The average molecular weight is 325 g/mol. The highest BCUT2D eigenvalue weighted by molar-refractivity contribution is 7.17. The number of fused-ring (bicyclic) bond motifs is 1. The first-order chi connectivity index (χ1) is 11.3. The minimum absolute atomic E-state index is 0.0893. The molecule has 0 aliphatic heterocycles. The summed E-state index contributed by atoms with van der Waals surface area (Å²) in [6, 6.07) is 15.7. The molecular formula is C19H19NO2S. The fourth-order valence-electron chi connectivity index (χ4n) is 2.57. The number of para-hydroxylation sites is 1. The zero-order valence-electron chi connectivity index (χ0n) is 13.0. The molecule has 3 aromatic rings. The first-order valence-electron chi connectivity index (χ1n) is 7.74. The Morgan fingerprint density at radius 2 is 1.91 bits per heavy atom. The molecule has 0 bridgehead atoms. The molecule has 0 aliphatic carbocycles. The van der Waals surface area contributed by atoms with E-state index in [1.807, 2.05) is 25.1 Å². The third-order valence-electron chi connectivity index (χ3n) is 3.67. The largest absolute Gasteiger partial charge is 0.493 e. The van der Waals surface area contributed by atoms with Crippen molar-refractivity contribution in [1.82, 2.24) is 5.32 Å². The van der Waals surface area contributed by atoms with Gasteiger partial charge in [-0.25, -0.2) is 0 Å². The predicted octanol–water partition coefficient (Wildman–Crippen LogP) is 4.27. The van der Waals surface area contributed by atoms with Gasteiger partial charge in [0.05, 0.1) is 12.2 Å². The molecule has 0 radical (unpaired) electrons. The van der Waals surface area contributed by atoms with Crippen LogP contribution in [-0.4, -0.2) is 19.1 Å². The fourth-order valence-corrected chi connectivity index (χ4v) is 3.57. The van der Waals surface area contributed by atoms with E-state index in [1.165, 1.54) is 15.6 Å². The van der Waals surface area contributed by atoms with Gasteiger partial charge in [-0.05, 0) is 47.9 Å². The lowest BCUT2D eigenvalue weighted by atomic mass is 10.1. The topological polar surface area (TPSA) is 38.3 Å². The van der Waals surface area contributed by atoms with Gasteiger partial charge in [0.25, 0.3) is 5.91 Å². The minimum Gasteiger partial charge on any atom is -0.493 e. The Labute approximate surface area is 139 Å². The lowest BCUT2D eigenvalue weighted by molar-refractivity contribution is 0.0950. The van der Waals surface area contributed by atoms with Gasteiger partial charge in [0, 0.05) is 11.2 Å². The smallest absolute Gasteiger partial charge is 0.255 e. The number of rotatable bonds is 6. The van der Waals surface area contributed by atoms with Crippen LogP contribution in [0.25, 0.3) is 10.1 Å². The monoisotopic (exact) mass is 325 g/mol. The summed E-state index contributed by atoms with van der Waals surface area (Å²) in [7, 11) is 0. The number of benzene rings is 2. The Hall–Kier alpha value is -2.33. The highest BCUT2D eigenvalue weighted by Gasteiger charge is 2.11. The number of thiophene rings is 1. The third-order valence-corrected chi connectivity index (χ3v) is 4.68. The Bertz CT molecular complexity index is 810. The van der Waals surface area contributed by atoms with Crippen molar-refractivity contribution in [3.05, 3.63) is 65.0 Å². The normalized spacial score (nSPS) is 10.7. The minimum atomic E-state index is -0.0893. The molecule has 1 aromatic heterocycles. The van der Waals surface area contributed by atoms with E-state index in [9.17, 15) is 4.79 Å². The van der Waals surface area contributed by atoms with Crippen molar-refractivity contribution in [2.24, 2.45) is 0 Å². The Morgan fingerprint density at radius 1 is 1.13 bits per heavy atom. The van der Waals surface area contributed by atoms with Gasteiger partial charge in [-0.1, -0.05) is 30.3 Å². The van der Waals surface area contributed by atoms with Gasteiger partial charge >= 0.3 is 0 Å². The molecule has 0 saturated heterocycles. The zero-order chi connectivity index (χ0) is 16.1. The van der Waals surface area contributed by atoms with Crippen LogP contribution in [0, 0.1) is 0 Å². The molecule has 0 aliphatic rings. The predicted molar refractivity (Wildman–Crippen MR) is 95.5 cm³/mol. The van der Waals surface area contributed by atoms with Crippen molar-refractivity contribution in [3.8, 4) is 5.75 Å². The summed E-state index contributed by atoms with van der Waals surface area (Å²) in [6.45, 7) is 3.07. The van der Waals surface area contributed by atoms with E-state index >= 15 is 0 Å². The number of nitrogens with one attached hydrogen (secondary N) is 1. The van der Waals surface area contributed by atoms with E-state index < -0.39 is 0 Å². The maximum atomic E-state index is 12.3. The van der Waals surface area contributed by atoms with Gasteiger partial charge < -0.3 is 10.1 Å². The first kappa shape index (κ1) is 15.6. The molecule has 0 atom stereocenters. The molecule has 3 nitrogen and oxygen atoms in total. The highest BCUT2D eigenvalue weighted by atomic mass is 32.1. The molecule has 1 amide bonds. The van der Waals surface area contributed by atoms with Crippen molar-refractivity contribution in [3.63, 3.8) is 0 Å². The second-order valence-electron chi connectivity index (χ2n) is 5.19. The lowest BCUT2D eigenvalue weighted by Crippen LogP contribution is -2.26. The molecule has 0 unspecified atom stereocenters. The molecule has 4 heteroatoms. The molecule has 0 fully saturated rings. The molecule has 118 valence electrons. The van der Waals surface area contributed by atoms with Crippen molar-refractivity contribution in [2.45, 2.75) is 13.3 Å². The fraction of sp³-hybridized carbons (Fsp3) is 0.211. The van der Waals surface area contributed by atoms with Crippen LogP contribution < -0.4 is 10.1 Å². The first-order valence-corrected chi connectivity index (χ1v) is 8.62. The molecule has 0 saturated carbocycles. The van der Waals surface area contributed by atoms with Crippen LogP contribution in [-0.2, 0) is 6.42 Å². The standard InChI is InChI=1S/C19H19NO2S/c1-2-22-17-9-5-3-8-16(17)19(21)20-12-11-14-13-23-18-10-6-4-7-15(14)18/h3-10,13H,2,11-12H2,1H3,(H,20,21). The van der Waals surface area contributed by atoms with Crippen LogP contribution in [0.1, 0.15) is 22.8 Å². The molecule has 1 N–H and O–H groups in total. The van der Waals surface area contributed by atoms with Gasteiger partial charge in [-0.15, -0.1) is 11.3 Å². The number of carbonyl (C=O) groups excluding carboxylic acids is 1. The second-order valence-corrected chi connectivity index (χ2v) is 6.10. The van der Waals surface area contributed by atoms with E-state index in [2.05, 4.69) is 35.0 Å². The molecule has 23 heavy (non-hydrogen) atoms. The van der Waals surface area contributed by atoms with Gasteiger partial charge in [0.2, 0.25) is 0 Å². The van der Waals surface area contributed by atoms with E-state index in [-0.39, 0.29) is 5.91 Å². The van der Waals surface area contributed by atoms with Crippen LogP contribution in [0.2, 0.25) is 0 Å². The van der Waals surface area contributed by atoms with Crippen LogP contribution in [0.5, 0.6) is 5.75 Å². The molecule has 0 spiro atoms. The lowest BCUT2D eigenvalue weighted by Gasteiger charge is -2.10. The van der Waals surface area contributed by atoms with Gasteiger partial charge in [0.1, 0.15) is 5.75 Å². The Kier molecular flexibility index (Phi) is 4.93. The molecule has 1 heterocycles. The van der Waals surface area contributed by atoms with E-state index in [0.717, 1.165) is 6.42 Å². The van der Waals surface area contributed by atoms with Crippen LogP contribution in [0.15, 0.2) is 53.9 Å². The van der Waals surface area contributed by atoms with Gasteiger partial charge in [0.15, 0.2) is 0 Å². The van der Waals surface area contributed by atoms with Crippen LogP contribution in [0.4, 0.5) is 0 Å². The SMILES string of the molecule is CCOc1ccccc1C(=O)NCCc1csc2ccccc12. The van der Waals surface area contributed by atoms with Crippen LogP contribution >= 0.6 is 11.3 Å². The maximum absolute atomic E-state index is 12.3. The van der Waals surface area contributed by atoms with Crippen molar-refractivity contribution in [2.75, 3.05) is 13.2 Å². The third kappa shape index (κ3) is 3.54. The highest BCUT2D eigenvalue weighted by Crippen LogP contribution is 2.25. The summed E-state index contributed by atoms with van der Waals surface area (Å²) in [6.07, 6.45) is 0.826. The summed E-state index contributed by atoms with van der Waals surface area (Å²) in [5.74, 6) is 0.544. The summed E-state index contributed by atoms with van der Waals surface area (Å²) in [5.41, 5.74) is 1.87. The van der Waals surface area contributed by atoms with Gasteiger partial charge in [-0.3, -0.25) is 4.79 Å². The zero-order valence-corrected chi connectivity index (χ0v) is 13.9. The van der Waals surface area contributed by atoms with E-state index in [1.54, 1.807) is 17.4 Å². The molecular weight excluding hydrogens is 306 g/mol. The van der Waals surface area contributed by atoms with Crippen molar-refractivity contribution < 1.29 is 9.53 Å². The van der Waals surface area contributed by atoms with E-state index in [0.29, 0.717) is 24.5 Å². The number of carbonyl (C=O) groups is 1. The number of hydrogen-bond donors (Lipinski definition) is 1. The summed E-state index contributed by atoms with van der Waals surface area (Å²) in [5, 5.41) is 6.44. The average Bonchev–Trinajstić information content (AvgIpc) is 2.99. The van der Waals surface area contributed by atoms with Gasteiger partial charge in [-0.2, -0.15) is 0 Å². The summed E-state index contributed by atoms with van der Waals surface area (Å²) >= 11 is 1.75. The van der Waals surface area contributed by atoms with Crippen molar-refractivity contribution in [1.29, 1.82) is 0 Å². The number of ether oxygens (including phenoxy) is 1. The van der Waals surface area contributed by atoms with Crippen molar-refractivity contribution >= 4 is 27.3 Å². The molecule has 2 aromatic carbocycles. The summed E-state index contributed by atoms with van der Waals surface area (Å²) in [4.78, 5) is 12.3. The number of hydrogen-bond acceptors (Lipinski definition) is 3. The Balaban J connectivity index is 1.63.